The van der Waals surface area contributed by atoms with E-state index in [1.807, 2.05) is 12.1 Å². The van der Waals surface area contributed by atoms with Gasteiger partial charge in [-0.15, -0.1) is 0 Å². The molecule has 2 rings (SSSR count). The van der Waals surface area contributed by atoms with Gasteiger partial charge in [0.15, 0.2) is 0 Å². The number of rotatable bonds is 3. The fourth-order valence-electron chi connectivity index (χ4n) is 1.65. The van der Waals surface area contributed by atoms with Crippen molar-refractivity contribution in [2.24, 2.45) is 0 Å². The highest BCUT2D eigenvalue weighted by Gasteiger charge is 2.23. The highest BCUT2D eigenvalue weighted by atomic mass is 35.5. The molecule has 1 heterocycles. The van der Waals surface area contributed by atoms with Crippen LogP contribution in [0, 0.1) is 6.92 Å². The van der Waals surface area contributed by atoms with E-state index in [9.17, 15) is 4.79 Å². The summed E-state index contributed by atoms with van der Waals surface area (Å²) in [6.45, 7) is 3.71. The maximum Gasteiger partial charge on any atom is 0.344 e. The third-order valence-corrected chi connectivity index (χ3v) is 2.80. The second-order valence-electron chi connectivity index (χ2n) is 3.66. The molecule has 0 atom stereocenters. The summed E-state index contributed by atoms with van der Waals surface area (Å²) in [5.74, 6) is -0.0328. The maximum atomic E-state index is 11.9. The monoisotopic (exact) mass is 265 g/mol. The summed E-state index contributed by atoms with van der Waals surface area (Å²) in [5, 5.41) is 4.40. The SMILES string of the molecule is CCOC(=O)c1c(-c2ccccc2Cl)noc1C. The normalized spacial score (nSPS) is 10.4. The third-order valence-electron chi connectivity index (χ3n) is 2.47. The number of benzene rings is 1. The standard InChI is InChI=1S/C13H12ClNO3/c1-3-17-13(16)11-8(2)18-15-12(11)9-6-4-5-7-10(9)14/h4-7H,3H2,1-2H3. The van der Waals surface area contributed by atoms with Gasteiger partial charge in [-0.05, 0) is 19.9 Å². The molecule has 0 saturated carbocycles. The predicted molar refractivity (Wildman–Crippen MR) is 67.6 cm³/mol. The van der Waals surface area contributed by atoms with Crippen LogP contribution in [0.1, 0.15) is 23.0 Å². The number of hydrogen-bond acceptors (Lipinski definition) is 4. The molecule has 0 aliphatic rings. The Morgan fingerprint density at radius 2 is 2.17 bits per heavy atom. The lowest BCUT2D eigenvalue weighted by Gasteiger charge is -2.03. The quantitative estimate of drug-likeness (QED) is 0.797. The summed E-state index contributed by atoms with van der Waals surface area (Å²) in [6.07, 6.45) is 0. The van der Waals surface area contributed by atoms with E-state index in [-0.39, 0.29) is 0 Å². The van der Waals surface area contributed by atoms with Gasteiger partial charge >= 0.3 is 5.97 Å². The molecule has 18 heavy (non-hydrogen) atoms. The van der Waals surface area contributed by atoms with Gasteiger partial charge in [0, 0.05) is 5.56 Å². The zero-order chi connectivity index (χ0) is 13.1. The first-order chi connectivity index (χ1) is 8.65. The molecule has 0 bridgehead atoms. The van der Waals surface area contributed by atoms with Crippen LogP contribution in [-0.2, 0) is 4.74 Å². The zero-order valence-electron chi connectivity index (χ0n) is 10.1. The molecular formula is C13H12ClNO3. The minimum atomic E-state index is -0.453. The molecule has 0 saturated heterocycles. The molecule has 0 unspecified atom stereocenters. The zero-order valence-corrected chi connectivity index (χ0v) is 10.8. The molecule has 0 spiro atoms. The largest absolute Gasteiger partial charge is 0.462 e. The molecule has 1 aromatic heterocycles. The molecule has 0 fully saturated rings. The Kier molecular flexibility index (Phi) is 3.67. The number of ether oxygens (including phenoxy) is 1. The Morgan fingerprint density at radius 3 is 2.83 bits per heavy atom. The van der Waals surface area contributed by atoms with Crippen LogP contribution in [0.25, 0.3) is 11.3 Å². The van der Waals surface area contributed by atoms with Crippen molar-refractivity contribution in [2.75, 3.05) is 6.61 Å². The average Bonchev–Trinajstić information content (AvgIpc) is 2.72. The van der Waals surface area contributed by atoms with Crippen molar-refractivity contribution in [3.63, 3.8) is 0 Å². The molecule has 0 radical (unpaired) electrons. The van der Waals surface area contributed by atoms with Crippen LogP contribution in [0.5, 0.6) is 0 Å². The average molecular weight is 266 g/mol. The molecule has 0 aliphatic heterocycles. The van der Waals surface area contributed by atoms with Crippen LogP contribution in [0.2, 0.25) is 5.02 Å². The second kappa shape index (κ2) is 5.23. The summed E-state index contributed by atoms with van der Waals surface area (Å²) in [5.41, 5.74) is 1.39. The molecule has 4 nitrogen and oxygen atoms in total. The molecule has 0 aliphatic carbocycles. The number of carbonyl (C=O) groups excluding carboxylic acids is 1. The molecule has 0 amide bonds. The topological polar surface area (TPSA) is 52.3 Å². The number of esters is 1. The van der Waals surface area contributed by atoms with Crippen molar-refractivity contribution in [2.45, 2.75) is 13.8 Å². The van der Waals surface area contributed by atoms with Gasteiger partial charge in [0.25, 0.3) is 0 Å². The summed E-state index contributed by atoms with van der Waals surface area (Å²) >= 11 is 6.09. The van der Waals surface area contributed by atoms with Crippen LogP contribution in [0.15, 0.2) is 28.8 Å². The van der Waals surface area contributed by atoms with E-state index in [1.165, 1.54) is 0 Å². The summed E-state index contributed by atoms with van der Waals surface area (Å²) in [4.78, 5) is 11.9. The lowest BCUT2D eigenvalue weighted by Crippen LogP contribution is -2.06. The number of aromatic nitrogens is 1. The van der Waals surface area contributed by atoms with E-state index in [2.05, 4.69) is 5.16 Å². The van der Waals surface area contributed by atoms with Crippen molar-refractivity contribution in [1.82, 2.24) is 5.16 Å². The van der Waals surface area contributed by atoms with E-state index < -0.39 is 5.97 Å². The Labute approximate surface area is 109 Å². The van der Waals surface area contributed by atoms with Gasteiger partial charge in [-0.1, -0.05) is 35.0 Å². The number of halogens is 1. The molecule has 94 valence electrons. The first-order valence-corrected chi connectivity index (χ1v) is 5.91. The molecule has 0 N–H and O–H groups in total. The molecule has 5 heteroatoms. The van der Waals surface area contributed by atoms with E-state index in [1.54, 1.807) is 26.0 Å². The fourth-order valence-corrected chi connectivity index (χ4v) is 1.88. The Balaban J connectivity index is 2.53. The maximum absolute atomic E-state index is 11.9. The summed E-state index contributed by atoms with van der Waals surface area (Å²) in [6, 6.07) is 7.14. The van der Waals surface area contributed by atoms with Crippen LogP contribution >= 0.6 is 11.6 Å². The number of hydrogen-bond donors (Lipinski definition) is 0. The van der Waals surface area contributed by atoms with Gasteiger partial charge in [-0.2, -0.15) is 0 Å². The van der Waals surface area contributed by atoms with Gasteiger partial charge < -0.3 is 9.26 Å². The van der Waals surface area contributed by atoms with Gasteiger partial charge in [0.1, 0.15) is 17.0 Å². The van der Waals surface area contributed by atoms with Crippen molar-refractivity contribution < 1.29 is 14.1 Å². The third kappa shape index (κ3) is 2.24. The number of aryl methyl sites for hydroxylation is 1. The van der Waals surface area contributed by atoms with Gasteiger partial charge in [-0.3, -0.25) is 0 Å². The van der Waals surface area contributed by atoms with Crippen LogP contribution in [-0.4, -0.2) is 17.7 Å². The molecule has 2 aromatic rings. The van der Waals surface area contributed by atoms with Crippen molar-refractivity contribution >= 4 is 17.6 Å². The molecular weight excluding hydrogens is 254 g/mol. The lowest BCUT2D eigenvalue weighted by atomic mass is 10.1. The predicted octanol–water partition coefficient (Wildman–Crippen LogP) is 3.48. The number of carbonyl (C=O) groups is 1. The minimum Gasteiger partial charge on any atom is -0.462 e. The van der Waals surface area contributed by atoms with E-state index >= 15 is 0 Å². The van der Waals surface area contributed by atoms with Crippen LogP contribution < -0.4 is 0 Å². The molecule has 1 aromatic carbocycles. The summed E-state index contributed by atoms with van der Waals surface area (Å²) in [7, 11) is 0. The fraction of sp³-hybridized carbons (Fsp3) is 0.231. The minimum absolute atomic E-state index is 0.297. The first kappa shape index (κ1) is 12.6. The Hall–Kier alpha value is -1.81. The highest BCUT2D eigenvalue weighted by molar-refractivity contribution is 6.33. The van der Waals surface area contributed by atoms with E-state index in [0.717, 1.165) is 0 Å². The highest BCUT2D eigenvalue weighted by Crippen LogP contribution is 2.31. The van der Waals surface area contributed by atoms with Gasteiger partial charge in [-0.25, -0.2) is 4.79 Å². The van der Waals surface area contributed by atoms with Gasteiger partial charge in [0.05, 0.1) is 11.6 Å². The summed E-state index contributed by atoms with van der Waals surface area (Å²) < 4.78 is 10.1. The Morgan fingerprint density at radius 1 is 1.44 bits per heavy atom. The van der Waals surface area contributed by atoms with Crippen molar-refractivity contribution in [3.05, 3.63) is 40.6 Å². The number of nitrogens with zero attached hydrogens (tertiary/aromatic N) is 1. The van der Waals surface area contributed by atoms with Crippen LogP contribution in [0.3, 0.4) is 0 Å². The van der Waals surface area contributed by atoms with E-state index in [4.69, 9.17) is 20.9 Å². The van der Waals surface area contributed by atoms with Gasteiger partial charge in [0.2, 0.25) is 0 Å². The van der Waals surface area contributed by atoms with E-state index in [0.29, 0.717) is 34.2 Å². The smallest absolute Gasteiger partial charge is 0.344 e. The lowest BCUT2D eigenvalue weighted by molar-refractivity contribution is 0.0525. The van der Waals surface area contributed by atoms with Crippen LogP contribution in [0.4, 0.5) is 0 Å². The Bertz CT molecular complexity index is 577. The van der Waals surface area contributed by atoms with Crippen molar-refractivity contribution in [1.29, 1.82) is 0 Å². The van der Waals surface area contributed by atoms with Crippen molar-refractivity contribution in [3.8, 4) is 11.3 Å². The first-order valence-electron chi connectivity index (χ1n) is 5.53. The second-order valence-corrected chi connectivity index (χ2v) is 4.07.